The second kappa shape index (κ2) is 10.2. The summed E-state index contributed by atoms with van der Waals surface area (Å²) >= 11 is 0. The molecular weight excluding hydrogens is 438 g/mol. The Bertz CT molecular complexity index is 1420. The molecule has 0 bridgehead atoms. The minimum Gasteiger partial charge on any atom is -0.495 e. The summed E-state index contributed by atoms with van der Waals surface area (Å²) in [4.78, 5) is 43.9. The number of imidazole rings is 1. The molecule has 0 aliphatic carbocycles. The summed E-state index contributed by atoms with van der Waals surface area (Å²) in [5.74, 6) is -0.0601. The Kier molecular flexibility index (Phi) is 6.88. The third-order valence-electron chi connectivity index (χ3n) is 5.39. The Hall–Kier alpha value is -4.18. The molecule has 0 aliphatic rings. The number of benzene rings is 2. The zero-order valence-electron chi connectivity index (χ0n) is 18.9. The van der Waals surface area contributed by atoms with Crippen LogP contribution in [0.4, 0.5) is 5.69 Å². The SMILES string of the molecule is COCCn1cnc2c1c(=O)n(CC(=O)Nc1ccccc1OC)c(=O)n2Cc1ccccc1. The fourth-order valence-electron chi connectivity index (χ4n) is 3.73. The summed E-state index contributed by atoms with van der Waals surface area (Å²) in [6.07, 6.45) is 1.51. The van der Waals surface area contributed by atoms with E-state index in [2.05, 4.69) is 10.3 Å². The van der Waals surface area contributed by atoms with Crippen LogP contribution in [0, 0.1) is 0 Å². The van der Waals surface area contributed by atoms with Crippen LogP contribution in [0.15, 0.2) is 70.5 Å². The quantitative estimate of drug-likeness (QED) is 0.405. The van der Waals surface area contributed by atoms with Gasteiger partial charge in [0.05, 0.1) is 32.3 Å². The largest absolute Gasteiger partial charge is 0.495 e. The molecule has 10 nitrogen and oxygen atoms in total. The molecule has 1 N–H and O–H groups in total. The Morgan fingerprint density at radius 2 is 1.74 bits per heavy atom. The highest BCUT2D eigenvalue weighted by molar-refractivity contribution is 5.92. The minimum atomic E-state index is -0.617. The van der Waals surface area contributed by atoms with Gasteiger partial charge in [0.1, 0.15) is 12.3 Å². The van der Waals surface area contributed by atoms with Gasteiger partial charge in [-0.1, -0.05) is 42.5 Å². The zero-order valence-corrected chi connectivity index (χ0v) is 18.9. The highest BCUT2D eigenvalue weighted by Gasteiger charge is 2.20. The van der Waals surface area contributed by atoms with Crippen molar-refractivity contribution in [1.82, 2.24) is 18.7 Å². The van der Waals surface area contributed by atoms with E-state index in [0.29, 0.717) is 24.6 Å². The fraction of sp³-hybridized carbons (Fsp3) is 0.250. The lowest BCUT2D eigenvalue weighted by atomic mass is 10.2. The molecule has 0 unspecified atom stereocenters. The summed E-state index contributed by atoms with van der Waals surface area (Å²) in [7, 11) is 3.05. The second-order valence-corrected chi connectivity index (χ2v) is 7.60. The first-order chi connectivity index (χ1) is 16.5. The van der Waals surface area contributed by atoms with E-state index in [1.807, 2.05) is 30.3 Å². The number of hydrogen-bond donors (Lipinski definition) is 1. The number of hydrogen-bond acceptors (Lipinski definition) is 6. The van der Waals surface area contributed by atoms with Crippen molar-refractivity contribution in [2.24, 2.45) is 0 Å². The normalized spacial score (nSPS) is 11.0. The van der Waals surface area contributed by atoms with Gasteiger partial charge in [-0.3, -0.25) is 14.2 Å². The van der Waals surface area contributed by atoms with Gasteiger partial charge in [0.25, 0.3) is 5.56 Å². The summed E-state index contributed by atoms with van der Waals surface area (Å²) in [6, 6.07) is 16.3. The van der Waals surface area contributed by atoms with Crippen LogP contribution >= 0.6 is 0 Å². The third kappa shape index (κ3) is 4.62. The van der Waals surface area contributed by atoms with Crippen LogP contribution in [0.5, 0.6) is 5.75 Å². The number of methoxy groups -OCH3 is 2. The molecule has 10 heteroatoms. The maximum Gasteiger partial charge on any atom is 0.333 e. The number of anilines is 1. The molecule has 0 atom stereocenters. The number of carbonyl (C=O) groups excluding carboxylic acids is 1. The van der Waals surface area contributed by atoms with Gasteiger partial charge >= 0.3 is 5.69 Å². The molecule has 1 amide bonds. The molecule has 0 saturated heterocycles. The van der Waals surface area contributed by atoms with E-state index in [-0.39, 0.29) is 17.7 Å². The molecule has 2 aromatic heterocycles. The van der Waals surface area contributed by atoms with Crippen molar-refractivity contribution in [2.45, 2.75) is 19.6 Å². The van der Waals surface area contributed by atoms with E-state index in [1.54, 1.807) is 35.9 Å². The molecule has 0 saturated carbocycles. The first kappa shape index (κ1) is 23.0. The van der Waals surface area contributed by atoms with Crippen LogP contribution < -0.4 is 21.3 Å². The van der Waals surface area contributed by atoms with Crippen molar-refractivity contribution >= 4 is 22.8 Å². The van der Waals surface area contributed by atoms with Crippen molar-refractivity contribution < 1.29 is 14.3 Å². The molecule has 4 rings (SSSR count). The van der Waals surface area contributed by atoms with E-state index in [4.69, 9.17) is 9.47 Å². The molecule has 2 aromatic carbocycles. The Morgan fingerprint density at radius 3 is 2.47 bits per heavy atom. The van der Waals surface area contributed by atoms with E-state index >= 15 is 0 Å². The van der Waals surface area contributed by atoms with Crippen LogP contribution in [0.3, 0.4) is 0 Å². The topological polar surface area (TPSA) is 109 Å². The monoisotopic (exact) mass is 463 g/mol. The summed E-state index contributed by atoms with van der Waals surface area (Å²) in [5, 5.41) is 2.71. The molecule has 0 radical (unpaired) electrons. The Morgan fingerprint density at radius 1 is 1.00 bits per heavy atom. The highest BCUT2D eigenvalue weighted by atomic mass is 16.5. The number of aromatic nitrogens is 4. The van der Waals surface area contributed by atoms with Crippen molar-refractivity contribution in [1.29, 1.82) is 0 Å². The standard InChI is InChI=1S/C24H25N5O5/c1-33-13-12-27-16-25-22-21(27)23(31)29(24(32)28(22)14-17-8-4-3-5-9-17)15-20(30)26-18-10-6-7-11-19(18)34-2/h3-11,16H,12-15H2,1-2H3,(H,26,30). The fourth-order valence-corrected chi connectivity index (χ4v) is 3.73. The van der Waals surface area contributed by atoms with Crippen molar-refractivity contribution in [3.8, 4) is 5.75 Å². The van der Waals surface area contributed by atoms with Crippen molar-refractivity contribution in [2.75, 3.05) is 26.1 Å². The van der Waals surface area contributed by atoms with Gasteiger partial charge in [-0.2, -0.15) is 0 Å². The number of carbonyl (C=O) groups is 1. The van der Waals surface area contributed by atoms with Gasteiger partial charge in [-0.15, -0.1) is 0 Å². The van der Waals surface area contributed by atoms with E-state index in [1.165, 1.54) is 18.0 Å². The Balaban J connectivity index is 1.78. The van der Waals surface area contributed by atoms with Crippen LogP contribution in [0.1, 0.15) is 5.56 Å². The van der Waals surface area contributed by atoms with Crippen LogP contribution in [-0.2, 0) is 29.2 Å². The first-order valence-corrected chi connectivity index (χ1v) is 10.7. The maximum atomic E-state index is 13.4. The number of ether oxygens (including phenoxy) is 2. The molecule has 34 heavy (non-hydrogen) atoms. The number of rotatable bonds is 9. The predicted octanol–water partition coefficient (Wildman–Crippen LogP) is 1.70. The zero-order chi connectivity index (χ0) is 24.1. The van der Waals surface area contributed by atoms with Gasteiger partial charge in [0, 0.05) is 13.7 Å². The van der Waals surface area contributed by atoms with Crippen LogP contribution in [-0.4, -0.2) is 45.4 Å². The number of fused-ring (bicyclic) bond motifs is 1. The van der Waals surface area contributed by atoms with Gasteiger partial charge in [-0.05, 0) is 17.7 Å². The van der Waals surface area contributed by atoms with Gasteiger partial charge < -0.3 is 19.4 Å². The average Bonchev–Trinajstić information content (AvgIpc) is 3.28. The summed E-state index contributed by atoms with van der Waals surface area (Å²) in [6.45, 7) is 0.470. The van der Waals surface area contributed by atoms with E-state index < -0.39 is 23.7 Å². The van der Waals surface area contributed by atoms with E-state index in [9.17, 15) is 14.4 Å². The molecule has 4 aromatic rings. The molecule has 176 valence electrons. The van der Waals surface area contributed by atoms with Gasteiger partial charge in [0.15, 0.2) is 11.2 Å². The molecule has 0 fully saturated rings. The third-order valence-corrected chi connectivity index (χ3v) is 5.39. The minimum absolute atomic E-state index is 0.200. The van der Waals surface area contributed by atoms with Crippen LogP contribution in [0.25, 0.3) is 11.2 Å². The predicted molar refractivity (Wildman–Crippen MR) is 127 cm³/mol. The molecule has 0 aliphatic heterocycles. The molecule has 2 heterocycles. The smallest absolute Gasteiger partial charge is 0.333 e. The molecule has 0 spiro atoms. The second-order valence-electron chi connectivity index (χ2n) is 7.60. The van der Waals surface area contributed by atoms with Crippen molar-refractivity contribution in [3.63, 3.8) is 0 Å². The number of para-hydroxylation sites is 2. The van der Waals surface area contributed by atoms with Gasteiger partial charge in [-0.25, -0.2) is 14.3 Å². The molecular formula is C24H25N5O5. The van der Waals surface area contributed by atoms with Crippen LogP contribution in [0.2, 0.25) is 0 Å². The lowest BCUT2D eigenvalue weighted by Gasteiger charge is -2.14. The highest BCUT2D eigenvalue weighted by Crippen LogP contribution is 2.22. The summed E-state index contributed by atoms with van der Waals surface area (Å²) < 4.78 is 14.4. The Labute approximate surface area is 195 Å². The van der Waals surface area contributed by atoms with E-state index in [0.717, 1.165) is 10.1 Å². The van der Waals surface area contributed by atoms with Gasteiger partial charge in [0.2, 0.25) is 5.91 Å². The number of amides is 1. The maximum absolute atomic E-state index is 13.4. The lowest BCUT2D eigenvalue weighted by molar-refractivity contribution is -0.116. The summed E-state index contributed by atoms with van der Waals surface area (Å²) in [5.41, 5.74) is 0.593. The first-order valence-electron chi connectivity index (χ1n) is 10.7. The lowest BCUT2D eigenvalue weighted by Crippen LogP contribution is -2.43. The number of nitrogens with one attached hydrogen (secondary N) is 1. The number of nitrogens with zero attached hydrogens (tertiary/aromatic N) is 4. The van der Waals surface area contributed by atoms with Crippen molar-refractivity contribution in [3.05, 3.63) is 87.3 Å². The average molecular weight is 463 g/mol.